The number of fused-ring (bicyclic) bond motifs is 2. The Labute approximate surface area is 170 Å². The molecule has 1 saturated heterocycles. The van der Waals surface area contributed by atoms with Crippen LogP contribution in [0.15, 0.2) is 64.4 Å². The molecule has 0 N–H and O–H groups in total. The first-order valence-electron chi connectivity index (χ1n) is 9.53. The van der Waals surface area contributed by atoms with E-state index in [4.69, 9.17) is 16.3 Å². The Bertz CT molecular complexity index is 1350. The maximum Gasteiger partial charge on any atom is 0.264 e. The van der Waals surface area contributed by atoms with Crippen LogP contribution in [-0.2, 0) is 11.3 Å². The van der Waals surface area contributed by atoms with E-state index in [2.05, 4.69) is 4.98 Å². The van der Waals surface area contributed by atoms with E-state index >= 15 is 0 Å². The van der Waals surface area contributed by atoms with Crippen molar-refractivity contribution < 1.29 is 4.74 Å². The number of aromatic nitrogens is 3. The summed E-state index contributed by atoms with van der Waals surface area (Å²) < 4.78 is 8.80. The van der Waals surface area contributed by atoms with E-state index in [1.54, 1.807) is 47.3 Å². The van der Waals surface area contributed by atoms with Crippen LogP contribution in [-0.4, -0.2) is 26.8 Å². The molecule has 146 valence electrons. The van der Waals surface area contributed by atoms with E-state index in [-0.39, 0.29) is 17.2 Å². The number of rotatable bonds is 3. The second-order valence-electron chi connectivity index (χ2n) is 7.23. The molecule has 1 fully saturated rings. The summed E-state index contributed by atoms with van der Waals surface area (Å²) >= 11 is 6.07. The molecule has 0 spiro atoms. The van der Waals surface area contributed by atoms with Crippen molar-refractivity contribution in [2.75, 3.05) is 6.61 Å². The predicted molar refractivity (Wildman–Crippen MR) is 113 cm³/mol. The quantitative estimate of drug-likeness (QED) is 0.487. The molecule has 29 heavy (non-hydrogen) atoms. The molecule has 0 bridgehead atoms. The number of ether oxygens (including phenoxy) is 1. The molecule has 1 aliphatic rings. The minimum absolute atomic E-state index is 0.0543. The van der Waals surface area contributed by atoms with Crippen LogP contribution in [0.5, 0.6) is 0 Å². The van der Waals surface area contributed by atoms with Gasteiger partial charge in [-0.3, -0.25) is 14.2 Å². The van der Waals surface area contributed by atoms with Gasteiger partial charge >= 0.3 is 0 Å². The molecule has 1 unspecified atom stereocenters. The smallest absolute Gasteiger partial charge is 0.264 e. The minimum atomic E-state index is -0.243. The first-order valence-corrected chi connectivity index (χ1v) is 9.91. The van der Waals surface area contributed by atoms with Gasteiger partial charge in [-0.2, -0.15) is 0 Å². The van der Waals surface area contributed by atoms with Gasteiger partial charge in [0.2, 0.25) is 0 Å². The Kier molecular flexibility index (Phi) is 4.45. The normalized spacial score (nSPS) is 16.7. The Morgan fingerprint density at radius 3 is 2.59 bits per heavy atom. The van der Waals surface area contributed by atoms with Crippen molar-refractivity contribution in [1.29, 1.82) is 0 Å². The highest BCUT2D eigenvalue weighted by Gasteiger charge is 2.17. The highest BCUT2D eigenvalue weighted by molar-refractivity contribution is 6.30. The van der Waals surface area contributed by atoms with Gasteiger partial charge in [-0.05, 0) is 49.2 Å². The zero-order valence-corrected chi connectivity index (χ0v) is 16.3. The van der Waals surface area contributed by atoms with Crippen LogP contribution in [0.1, 0.15) is 12.8 Å². The van der Waals surface area contributed by atoms with E-state index in [0.717, 1.165) is 19.4 Å². The molecule has 1 aromatic carbocycles. The lowest BCUT2D eigenvalue weighted by atomic mass is 10.1. The molecule has 0 radical (unpaired) electrons. The van der Waals surface area contributed by atoms with Crippen LogP contribution in [0.2, 0.25) is 5.02 Å². The number of hydrogen-bond acceptors (Lipinski definition) is 4. The van der Waals surface area contributed by atoms with Crippen LogP contribution in [0.25, 0.3) is 27.5 Å². The van der Waals surface area contributed by atoms with Gasteiger partial charge < -0.3 is 9.30 Å². The first-order chi connectivity index (χ1) is 14.1. The topological polar surface area (TPSA) is 66.1 Å². The fourth-order valence-electron chi connectivity index (χ4n) is 3.85. The number of pyridine rings is 3. The van der Waals surface area contributed by atoms with Gasteiger partial charge in [0.15, 0.2) is 0 Å². The van der Waals surface area contributed by atoms with Crippen molar-refractivity contribution in [2.45, 2.75) is 25.5 Å². The third-order valence-corrected chi connectivity index (χ3v) is 5.56. The Morgan fingerprint density at radius 1 is 1.03 bits per heavy atom. The summed E-state index contributed by atoms with van der Waals surface area (Å²) in [5, 5.41) is 1.37. The predicted octanol–water partition coefficient (Wildman–Crippen LogP) is 3.53. The molecule has 0 saturated carbocycles. The summed E-state index contributed by atoms with van der Waals surface area (Å²) in [4.78, 5) is 30.7. The van der Waals surface area contributed by atoms with Crippen molar-refractivity contribution in [3.8, 4) is 5.69 Å². The maximum atomic E-state index is 13.1. The molecule has 0 aliphatic carbocycles. The second kappa shape index (κ2) is 7.13. The van der Waals surface area contributed by atoms with Gasteiger partial charge in [0.05, 0.1) is 40.1 Å². The summed E-state index contributed by atoms with van der Waals surface area (Å²) in [7, 11) is 0. The lowest BCUT2D eigenvalue weighted by molar-refractivity contribution is 0.0963. The van der Waals surface area contributed by atoms with E-state index in [0.29, 0.717) is 39.1 Å². The van der Waals surface area contributed by atoms with Crippen LogP contribution in [0.4, 0.5) is 0 Å². The molecular weight excluding hydrogens is 390 g/mol. The monoisotopic (exact) mass is 407 g/mol. The molecular formula is C22H18ClN3O3. The third kappa shape index (κ3) is 3.24. The summed E-state index contributed by atoms with van der Waals surface area (Å²) in [6.07, 6.45) is 5.44. The van der Waals surface area contributed by atoms with E-state index in [1.165, 1.54) is 4.57 Å². The molecule has 0 amide bonds. The summed E-state index contributed by atoms with van der Waals surface area (Å²) in [6, 6.07) is 12.3. The van der Waals surface area contributed by atoms with Gasteiger partial charge in [-0.25, -0.2) is 4.98 Å². The van der Waals surface area contributed by atoms with Crippen molar-refractivity contribution in [1.82, 2.24) is 14.1 Å². The Morgan fingerprint density at radius 2 is 1.83 bits per heavy atom. The maximum absolute atomic E-state index is 13.1. The van der Waals surface area contributed by atoms with Crippen LogP contribution >= 0.6 is 11.6 Å². The van der Waals surface area contributed by atoms with Crippen LogP contribution in [0, 0.1) is 0 Å². The van der Waals surface area contributed by atoms with E-state index in [1.807, 2.05) is 12.1 Å². The van der Waals surface area contributed by atoms with Gasteiger partial charge in [-0.15, -0.1) is 0 Å². The molecule has 1 aliphatic heterocycles. The average Bonchev–Trinajstić information content (AvgIpc) is 3.23. The molecule has 3 aromatic heterocycles. The number of benzene rings is 1. The average molecular weight is 408 g/mol. The van der Waals surface area contributed by atoms with Gasteiger partial charge in [-0.1, -0.05) is 17.7 Å². The lowest BCUT2D eigenvalue weighted by Crippen LogP contribution is -2.26. The number of hydrogen-bond donors (Lipinski definition) is 0. The molecule has 4 aromatic rings. The number of halogens is 1. The van der Waals surface area contributed by atoms with Gasteiger partial charge in [0.1, 0.15) is 0 Å². The van der Waals surface area contributed by atoms with Crippen LogP contribution in [0.3, 0.4) is 0 Å². The molecule has 1 atom stereocenters. The Balaban J connectivity index is 1.67. The minimum Gasteiger partial charge on any atom is -0.376 e. The van der Waals surface area contributed by atoms with Crippen molar-refractivity contribution in [3.63, 3.8) is 0 Å². The first kappa shape index (κ1) is 18.1. The molecule has 7 heteroatoms. The zero-order chi connectivity index (χ0) is 20.0. The zero-order valence-electron chi connectivity index (χ0n) is 15.5. The van der Waals surface area contributed by atoms with E-state index in [9.17, 15) is 9.59 Å². The molecule has 4 heterocycles. The van der Waals surface area contributed by atoms with Gasteiger partial charge in [0, 0.05) is 24.0 Å². The fraction of sp³-hybridized carbons (Fsp3) is 0.227. The molecule has 5 rings (SSSR count). The lowest BCUT2D eigenvalue weighted by Gasteiger charge is -2.13. The van der Waals surface area contributed by atoms with Crippen molar-refractivity contribution in [3.05, 3.63) is 80.6 Å². The largest absolute Gasteiger partial charge is 0.376 e. The summed E-state index contributed by atoms with van der Waals surface area (Å²) in [6.45, 7) is 1.25. The Hall–Kier alpha value is -2.96. The molecule has 6 nitrogen and oxygen atoms in total. The SMILES string of the molecule is O=c1c2cc3c(=O)n(-c4cccc(Cl)c4)ccc3nc2ccn1CC1CCCO1. The second-order valence-corrected chi connectivity index (χ2v) is 7.67. The highest BCUT2D eigenvalue weighted by Crippen LogP contribution is 2.18. The standard InChI is InChI=1S/C22H18ClN3O3/c23-14-3-1-4-15(11-14)26-9-7-20-18(22(26)28)12-17-19(24-20)6-8-25(21(17)27)13-16-5-2-10-29-16/h1,3-4,6-9,11-12,16H,2,5,10,13H2. The van der Waals surface area contributed by atoms with Crippen molar-refractivity contribution in [2.24, 2.45) is 0 Å². The summed E-state index contributed by atoms with van der Waals surface area (Å²) in [5.41, 5.74) is 1.38. The van der Waals surface area contributed by atoms with Crippen LogP contribution < -0.4 is 11.1 Å². The summed E-state index contributed by atoms with van der Waals surface area (Å²) in [5.74, 6) is 0. The van der Waals surface area contributed by atoms with Crippen molar-refractivity contribution >= 4 is 33.4 Å². The number of nitrogens with zero attached hydrogens (tertiary/aromatic N) is 3. The van der Waals surface area contributed by atoms with E-state index < -0.39 is 0 Å². The fourth-order valence-corrected chi connectivity index (χ4v) is 4.03. The highest BCUT2D eigenvalue weighted by atomic mass is 35.5. The third-order valence-electron chi connectivity index (χ3n) is 5.33. The van der Waals surface area contributed by atoms with Gasteiger partial charge in [0.25, 0.3) is 11.1 Å².